The fourth-order valence-electron chi connectivity index (χ4n) is 1.56. The van der Waals surface area contributed by atoms with Crippen LogP contribution in [0.5, 0.6) is 5.88 Å². The van der Waals surface area contributed by atoms with Crippen LogP contribution >= 0.6 is 0 Å². The summed E-state index contributed by atoms with van der Waals surface area (Å²) in [5.41, 5.74) is 0.897. The monoisotopic (exact) mass is 277 g/mol. The lowest BCUT2D eigenvalue weighted by atomic mass is 10.3. The summed E-state index contributed by atoms with van der Waals surface area (Å²) in [5.74, 6) is 0.598. The molecule has 0 radical (unpaired) electrons. The molecule has 0 aliphatic carbocycles. The molecule has 0 aromatic carbocycles. The molecule has 0 saturated carbocycles. The van der Waals surface area contributed by atoms with E-state index < -0.39 is 5.82 Å². The summed E-state index contributed by atoms with van der Waals surface area (Å²) < 4.78 is 18.6. The largest absolute Gasteiger partial charge is 0.481 e. The number of ether oxygens (including phenoxy) is 1. The van der Waals surface area contributed by atoms with Crippen molar-refractivity contribution in [1.29, 1.82) is 0 Å². The molecule has 2 rings (SSSR count). The molecule has 6 nitrogen and oxygen atoms in total. The van der Waals surface area contributed by atoms with Crippen molar-refractivity contribution in [3.05, 3.63) is 35.9 Å². The van der Waals surface area contributed by atoms with Gasteiger partial charge in [-0.1, -0.05) is 6.07 Å². The Labute approximate surface area is 116 Å². The Balaban J connectivity index is 2.03. The second-order valence-electron chi connectivity index (χ2n) is 3.98. The van der Waals surface area contributed by atoms with Gasteiger partial charge in [0.05, 0.1) is 13.3 Å². The van der Waals surface area contributed by atoms with Gasteiger partial charge >= 0.3 is 0 Å². The molecule has 106 valence electrons. The van der Waals surface area contributed by atoms with E-state index in [0.29, 0.717) is 24.9 Å². The number of methoxy groups -OCH3 is 1. The van der Waals surface area contributed by atoms with Crippen molar-refractivity contribution in [2.75, 3.05) is 24.3 Å². The maximum absolute atomic E-state index is 13.6. The van der Waals surface area contributed by atoms with Crippen LogP contribution < -0.4 is 15.4 Å². The van der Waals surface area contributed by atoms with Gasteiger partial charge in [0.2, 0.25) is 11.8 Å². The molecule has 0 amide bonds. The summed E-state index contributed by atoms with van der Waals surface area (Å²) in [6, 6.07) is 3.60. The molecule has 0 bridgehead atoms. The third-order valence-electron chi connectivity index (χ3n) is 2.55. The minimum atomic E-state index is -0.492. The molecule has 0 saturated heterocycles. The Bertz CT molecular complexity index is 561. The molecule has 2 heterocycles. The Kier molecular flexibility index (Phi) is 4.65. The third-order valence-corrected chi connectivity index (χ3v) is 2.55. The number of nitrogens with one attached hydrogen (secondary N) is 2. The van der Waals surface area contributed by atoms with E-state index >= 15 is 0 Å². The minimum absolute atomic E-state index is 0.159. The average molecular weight is 277 g/mol. The molecule has 2 N–H and O–H groups in total. The van der Waals surface area contributed by atoms with Gasteiger partial charge in [0.25, 0.3) is 0 Å². The minimum Gasteiger partial charge on any atom is -0.481 e. The lowest BCUT2D eigenvalue weighted by molar-refractivity contribution is 0.397. The first-order valence-corrected chi connectivity index (χ1v) is 6.22. The molecular weight excluding hydrogens is 261 g/mol. The maximum atomic E-state index is 13.6. The highest BCUT2D eigenvalue weighted by molar-refractivity contribution is 5.41. The van der Waals surface area contributed by atoms with Gasteiger partial charge in [-0.2, -0.15) is 4.98 Å². The standard InChI is InChI=1S/C13H16FN5O/c1-3-15-13-18-8-10(14)12(19-13)17-7-9-4-5-11(20-2)16-6-9/h4-6,8H,3,7H2,1-2H3,(H2,15,17,18,19). The predicted octanol–water partition coefficient (Wildman–Crippen LogP) is 2.06. The van der Waals surface area contributed by atoms with E-state index in [0.717, 1.165) is 11.8 Å². The number of nitrogens with zero attached hydrogens (tertiary/aromatic N) is 3. The Morgan fingerprint density at radius 1 is 1.20 bits per heavy atom. The molecule has 0 aliphatic heterocycles. The van der Waals surface area contributed by atoms with Crippen LogP contribution in [0.1, 0.15) is 12.5 Å². The van der Waals surface area contributed by atoms with E-state index in [4.69, 9.17) is 4.74 Å². The highest BCUT2D eigenvalue weighted by Gasteiger charge is 2.06. The average Bonchev–Trinajstić information content (AvgIpc) is 2.48. The number of hydrogen-bond donors (Lipinski definition) is 2. The van der Waals surface area contributed by atoms with Gasteiger partial charge in [-0.25, -0.2) is 14.4 Å². The highest BCUT2D eigenvalue weighted by atomic mass is 19.1. The van der Waals surface area contributed by atoms with Gasteiger partial charge in [-0.15, -0.1) is 0 Å². The summed E-state index contributed by atoms with van der Waals surface area (Å²) in [7, 11) is 1.55. The van der Waals surface area contributed by atoms with Gasteiger partial charge in [0, 0.05) is 25.4 Å². The van der Waals surface area contributed by atoms with E-state index in [1.54, 1.807) is 19.4 Å². The van der Waals surface area contributed by atoms with Crippen LogP contribution in [0.3, 0.4) is 0 Å². The zero-order valence-corrected chi connectivity index (χ0v) is 11.4. The van der Waals surface area contributed by atoms with Crippen molar-refractivity contribution in [3.8, 4) is 5.88 Å². The molecule has 0 spiro atoms. The first-order chi connectivity index (χ1) is 9.72. The first-order valence-electron chi connectivity index (χ1n) is 6.22. The summed E-state index contributed by atoms with van der Waals surface area (Å²) >= 11 is 0. The molecule has 0 fully saturated rings. The molecule has 7 heteroatoms. The van der Waals surface area contributed by atoms with E-state index in [9.17, 15) is 4.39 Å². The quantitative estimate of drug-likeness (QED) is 0.842. The van der Waals surface area contributed by atoms with Gasteiger partial charge < -0.3 is 15.4 Å². The first kappa shape index (κ1) is 14.0. The van der Waals surface area contributed by atoms with E-state index in [2.05, 4.69) is 25.6 Å². The van der Waals surface area contributed by atoms with Crippen molar-refractivity contribution >= 4 is 11.8 Å². The van der Waals surface area contributed by atoms with Crippen LogP contribution in [0.4, 0.5) is 16.2 Å². The van der Waals surface area contributed by atoms with Gasteiger partial charge in [0.15, 0.2) is 11.6 Å². The van der Waals surface area contributed by atoms with Crippen molar-refractivity contribution in [2.24, 2.45) is 0 Å². The maximum Gasteiger partial charge on any atom is 0.224 e. The van der Waals surface area contributed by atoms with Crippen molar-refractivity contribution in [1.82, 2.24) is 15.0 Å². The number of rotatable bonds is 6. The van der Waals surface area contributed by atoms with E-state index in [1.165, 1.54) is 0 Å². The lowest BCUT2D eigenvalue weighted by Gasteiger charge is -2.08. The summed E-state index contributed by atoms with van der Waals surface area (Å²) in [6.07, 6.45) is 2.80. The topological polar surface area (TPSA) is 72.0 Å². The molecule has 2 aromatic rings. The zero-order valence-electron chi connectivity index (χ0n) is 11.4. The van der Waals surface area contributed by atoms with Crippen LogP contribution in [0.15, 0.2) is 24.5 Å². The molecule has 0 aliphatic rings. The van der Waals surface area contributed by atoms with Crippen LogP contribution in [0.25, 0.3) is 0 Å². The molecule has 0 atom stereocenters. The fraction of sp³-hybridized carbons (Fsp3) is 0.308. The van der Waals surface area contributed by atoms with Crippen molar-refractivity contribution in [3.63, 3.8) is 0 Å². The number of anilines is 2. The smallest absolute Gasteiger partial charge is 0.224 e. The summed E-state index contributed by atoms with van der Waals surface area (Å²) in [4.78, 5) is 12.0. The van der Waals surface area contributed by atoms with Crippen molar-refractivity contribution < 1.29 is 9.13 Å². The molecular formula is C13H16FN5O. The van der Waals surface area contributed by atoms with Gasteiger partial charge in [0.1, 0.15) is 0 Å². The fourth-order valence-corrected chi connectivity index (χ4v) is 1.56. The number of aromatic nitrogens is 3. The third kappa shape index (κ3) is 3.53. The Morgan fingerprint density at radius 2 is 2.05 bits per heavy atom. The summed E-state index contributed by atoms with van der Waals surface area (Å²) in [6.45, 7) is 3.01. The van der Waals surface area contributed by atoms with Crippen LogP contribution in [-0.2, 0) is 6.54 Å². The number of pyridine rings is 1. The molecule has 2 aromatic heterocycles. The SMILES string of the molecule is CCNc1ncc(F)c(NCc2ccc(OC)nc2)n1. The van der Waals surface area contributed by atoms with Crippen LogP contribution in [0, 0.1) is 5.82 Å². The Morgan fingerprint density at radius 3 is 2.70 bits per heavy atom. The second kappa shape index (κ2) is 6.65. The second-order valence-corrected chi connectivity index (χ2v) is 3.98. The zero-order chi connectivity index (χ0) is 14.4. The highest BCUT2D eigenvalue weighted by Crippen LogP contribution is 2.14. The molecule has 0 unspecified atom stereocenters. The van der Waals surface area contributed by atoms with Gasteiger partial charge in [-0.3, -0.25) is 0 Å². The Hall–Kier alpha value is -2.44. The molecule has 20 heavy (non-hydrogen) atoms. The van der Waals surface area contributed by atoms with Crippen LogP contribution in [0.2, 0.25) is 0 Å². The predicted molar refractivity (Wildman–Crippen MR) is 74.3 cm³/mol. The van der Waals surface area contributed by atoms with Crippen LogP contribution in [-0.4, -0.2) is 28.6 Å². The van der Waals surface area contributed by atoms with E-state index in [-0.39, 0.29) is 5.82 Å². The number of halogens is 1. The normalized spacial score (nSPS) is 10.2. The number of hydrogen-bond acceptors (Lipinski definition) is 6. The summed E-state index contributed by atoms with van der Waals surface area (Å²) in [5, 5.41) is 5.85. The van der Waals surface area contributed by atoms with E-state index in [1.807, 2.05) is 13.0 Å². The van der Waals surface area contributed by atoms with Crippen molar-refractivity contribution in [2.45, 2.75) is 13.5 Å². The lowest BCUT2D eigenvalue weighted by Crippen LogP contribution is -2.08. The van der Waals surface area contributed by atoms with Gasteiger partial charge in [-0.05, 0) is 12.5 Å².